The van der Waals surface area contributed by atoms with Gasteiger partial charge < -0.3 is 25.6 Å². The van der Waals surface area contributed by atoms with Crippen LogP contribution in [-0.4, -0.2) is 83.6 Å². The molecule has 1 saturated carbocycles. The number of phenolic OH excluding ortho intramolecular Hbond substituents is 1. The molecule has 3 aromatic rings. The predicted molar refractivity (Wildman–Crippen MR) is 164 cm³/mol. The number of nitrogens with one attached hydrogen (secondary N) is 3. The number of carbonyl (C=O) groups excluding carboxylic acids is 3. The third-order valence-corrected chi connectivity index (χ3v) is 8.45. The Hall–Kier alpha value is -3.76. The Labute approximate surface area is 270 Å². The number of thiazole rings is 1. The number of halogens is 6. The molecule has 0 atom stereocenters. The van der Waals surface area contributed by atoms with E-state index in [4.69, 9.17) is 0 Å². The van der Waals surface area contributed by atoms with E-state index in [-0.39, 0.29) is 16.5 Å². The minimum absolute atomic E-state index is 0.107. The highest BCUT2D eigenvalue weighted by atomic mass is 32.1. The van der Waals surface area contributed by atoms with Crippen molar-refractivity contribution < 1.29 is 45.8 Å². The number of aromatic nitrogens is 1. The summed E-state index contributed by atoms with van der Waals surface area (Å²) in [6, 6.07) is 14.3. The van der Waals surface area contributed by atoms with Gasteiger partial charge in [0.1, 0.15) is 11.3 Å². The van der Waals surface area contributed by atoms with Crippen LogP contribution in [0.4, 0.5) is 26.3 Å². The number of carbonyl (C=O) groups is 3. The molecule has 2 aromatic carbocycles. The summed E-state index contributed by atoms with van der Waals surface area (Å²) in [6.45, 7) is 3.80. The molecule has 0 bridgehead atoms. The van der Waals surface area contributed by atoms with Gasteiger partial charge in [-0.3, -0.25) is 19.2 Å². The molecule has 0 aliphatic heterocycles. The monoisotopic (exact) mass is 690 g/mol. The van der Waals surface area contributed by atoms with E-state index in [1.54, 1.807) is 6.07 Å². The van der Waals surface area contributed by atoms with Crippen molar-refractivity contribution in [1.29, 1.82) is 0 Å². The van der Waals surface area contributed by atoms with E-state index in [1.165, 1.54) is 18.4 Å². The van der Waals surface area contributed by atoms with Crippen LogP contribution in [0.3, 0.4) is 0 Å². The first-order chi connectivity index (χ1) is 22.2. The molecule has 16 heteroatoms. The number of hydrogen-bond acceptors (Lipinski definition) is 8. The summed E-state index contributed by atoms with van der Waals surface area (Å²) in [5.74, 6) is -6.47. The Morgan fingerprint density at radius 2 is 1.45 bits per heavy atom. The molecule has 0 unspecified atom stereocenters. The van der Waals surface area contributed by atoms with Gasteiger partial charge in [-0.1, -0.05) is 60.6 Å². The van der Waals surface area contributed by atoms with E-state index in [9.17, 15) is 50.6 Å². The van der Waals surface area contributed by atoms with Crippen molar-refractivity contribution in [3.63, 3.8) is 0 Å². The van der Waals surface area contributed by atoms with E-state index in [0.29, 0.717) is 24.5 Å². The average Bonchev–Trinajstić information content (AvgIpc) is 3.69. The molecule has 258 valence electrons. The topological polar surface area (TPSA) is 132 Å². The lowest BCUT2D eigenvalue weighted by Gasteiger charge is -2.29. The van der Waals surface area contributed by atoms with Crippen molar-refractivity contribution in [2.45, 2.75) is 63.3 Å². The highest BCUT2D eigenvalue weighted by molar-refractivity contribution is 7.16. The van der Waals surface area contributed by atoms with Crippen molar-refractivity contribution in [2.24, 2.45) is 0 Å². The second-order valence-corrected chi connectivity index (χ2v) is 11.9. The molecular formula is C31H36F6N4O5S. The quantitative estimate of drug-likeness (QED) is 0.110. The number of aromatic hydroxyl groups is 1. The second-order valence-electron chi connectivity index (χ2n) is 10.9. The molecule has 0 radical (unpaired) electrons. The molecule has 1 aliphatic carbocycles. The Morgan fingerprint density at radius 3 is 2.06 bits per heavy atom. The number of alkyl halides is 6. The number of nitrogens with zero attached hydrogens (tertiary/aromatic N) is 1. The van der Waals surface area contributed by atoms with Crippen molar-refractivity contribution in [3.8, 4) is 5.75 Å². The van der Waals surface area contributed by atoms with Crippen LogP contribution >= 0.6 is 11.3 Å². The maximum Gasteiger partial charge on any atom is 0.458 e. The van der Waals surface area contributed by atoms with Gasteiger partial charge in [0, 0.05) is 32.1 Å². The first-order valence-electron chi connectivity index (χ1n) is 15.0. The first-order valence-corrected chi connectivity index (χ1v) is 15.8. The van der Waals surface area contributed by atoms with E-state index < -0.39 is 23.9 Å². The van der Waals surface area contributed by atoms with Crippen LogP contribution in [0.25, 0.3) is 10.2 Å². The third kappa shape index (κ3) is 11.8. The van der Waals surface area contributed by atoms with Crippen LogP contribution in [0.1, 0.15) is 43.2 Å². The zero-order valence-corrected chi connectivity index (χ0v) is 26.1. The molecule has 9 nitrogen and oxygen atoms in total. The van der Waals surface area contributed by atoms with Crippen molar-refractivity contribution >= 4 is 39.0 Å². The fourth-order valence-corrected chi connectivity index (χ4v) is 6.04. The number of Topliss-reactive ketones (excluding diaryl/α,β-unsaturated/α-hetero) is 2. The van der Waals surface area contributed by atoms with E-state index in [2.05, 4.69) is 44.8 Å². The largest absolute Gasteiger partial charge is 0.506 e. The van der Waals surface area contributed by atoms with Crippen LogP contribution < -0.4 is 15.5 Å². The fourth-order valence-electron chi connectivity index (χ4n) is 5.14. The highest BCUT2D eigenvalue weighted by Crippen LogP contribution is 2.28. The maximum absolute atomic E-state index is 13.0. The molecule has 1 fully saturated rings. The van der Waals surface area contributed by atoms with Crippen LogP contribution in [0, 0.1) is 0 Å². The number of H-pyrrole nitrogens is 1. The number of phenols is 1. The van der Waals surface area contributed by atoms with E-state index >= 15 is 0 Å². The minimum Gasteiger partial charge on any atom is -0.506 e. The van der Waals surface area contributed by atoms with Gasteiger partial charge in [0.2, 0.25) is 5.91 Å². The van der Waals surface area contributed by atoms with Crippen LogP contribution in [0.5, 0.6) is 5.75 Å². The second kappa shape index (κ2) is 17.4. The Bertz CT molecular complexity index is 1510. The van der Waals surface area contributed by atoms with Crippen LogP contribution in [0.15, 0.2) is 47.3 Å². The summed E-state index contributed by atoms with van der Waals surface area (Å²) in [7, 11) is 0. The SMILES string of the molecule is O=C(C(=O)C(F)(F)F)C(F)(F)F.O=C(CCNCCc1ccccc1)N(CCNCCc1ccc(O)c2[nH]c(=O)sc12)C1CCCC1. The maximum atomic E-state index is 13.0. The van der Waals surface area contributed by atoms with Gasteiger partial charge in [-0.15, -0.1) is 0 Å². The molecule has 4 rings (SSSR count). The van der Waals surface area contributed by atoms with Gasteiger partial charge in [0.15, 0.2) is 0 Å². The van der Waals surface area contributed by atoms with Gasteiger partial charge in [-0.2, -0.15) is 26.3 Å². The molecule has 1 heterocycles. The average molecular weight is 691 g/mol. The Kier molecular flexibility index (Phi) is 14.0. The standard InChI is InChI=1S/C27H36N4O3S.C4F6O2/c32-23-11-10-21(26-25(23)30-27(34)35-26)13-16-29-18-19-31(22-8-4-5-9-22)24(33)14-17-28-15-12-20-6-2-1-3-7-20;5-3(6,7)1(11)2(12)4(8,9)10/h1-3,6-7,10-11,22,28-29,32H,4-5,8-9,12-19H2,(H,30,34);. The highest BCUT2D eigenvalue weighted by Gasteiger charge is 2.54. The number of ketones is 2. The van der Waals surface area contributed by atoms with Crippen LogP contribution in [-0.2, 0) is 27.2 Å². The molecular weight excluding hydrogens is 654 g/mol. The smallest absolute Gasteiger partial charge is 0.458 e. The normalized spacial score (nSPS) is 13.7. The summed E-state index contributed by atoms with van der Waals surface area (Å²) in [6.07, 6.45) is -4.68. The lowest BCUT2D eigenvalue weighted by molar-refractivity contribution is -0.193. The summed E-state index contributed by atoms with van der Waals surface area (Å²) in [5.41, 5.74) is 2.87. The first kappa shape index (κ1) is 37.7. The number of benzene rings is 2. The lowest BCUT2D eigenvalue weighted by atomic mass is 10.1. The lowest BCUT2D eigenvalue weighted by Crippen LogP contribution is -2.44. The van der Waals surface area contributed by atoms with E-state index in [1.807, 2.05) is 12.1 Å². The molecule has 0 saturated heterocycles. The molecule has 1 amide bonds. The zero-order chi connectivity index (χ0) is 34.6. The number of hydrogen-bond donors (Lipinski definition) is 4. The summed E-state index contributed by atoms with van der Waals surface area (Å²) >= 11 is 1.13. The number of amides is 1. The van der Waals surface area contributed by atoms with Gasteiger partial charge >= 0.3 is 28.8 Å². The molecule has 0 spiro atoms. The Balaban J connectivity index is 0.000000426. The zero-order valence-electron chi connectivity index (χ0n) is 25.3. The molecule has 1 aliphatic rings. The number of fused-ring (bicyclic) bond motifs is 1. The number of aromatic amines is 1. The van der Waals surface area contributed by atoms with Crippen molar-refractivity contribution in [2.75, 3.05) is 32.7 Å². The summed E-state index contributed by atoms with van der Waals surface area (Å²) in [5, 5.41) is 16.8. The minimum atomic E-state index is -5.77. The third-order valence-electron chi connectivity index (χ3n) is 7.50. The van der Waals surface area contributed by atoms with Crippen LogP contribution in [0.2, 0.25) is 0 Å². The van der Waals surface area contributed by atoms with E-state index in [0.717, 1.165) is 73.5 Å². The molecule has 4 N–H and O–H groups in total. The predicted octanol–water partition coefficient (Wildman–Crippen LogP) is 4.67. The fraction of sp³-hybridized carbons (Fsp3) is 0.484. The molecule has 47 heavy (non-hydrogen) atoms. The van der Waals surface area contributed by atoms with Gasteiger partial charge in [0.25, 0.3) is 0 Å². The number of rotatable bonds is 14. The van der Waals surface area contributed by atoms with Gasteiger partial charge in [-0.25, -0.2) is 0 Å². The van der Waals surface area contributed by atoms with Gasteiger partial charge in [0.05, 0.1) is 4.70 Å². The van der Waals surface area contributed by atoms with Crippen molar-refractivity contribution in [3.05, 3.63) is 63.3 Å². The van der Waals surface area contributed by atoms with Gasteiger partial charge in [-0.05, 0) is 56.0 Å². The molecule has 1 aromatic heterocycles. The Morgan fingerprint density at radius 1 is 0.851 bits per heavy atom. The summed E-state index contributed by atoms with van der Waals surface area (Å²) < 4.78 is 67.8. The van der Waals surface area contributed by atoms with Crippen molar-refractivity contribution in [1.82, 2.24) is 20.5 Å². The summed E-state index contributed by atoms with van der Waals surface area (Å²) in [4.78, 5) is 48.6.